The highest BCUT2D eigenvalue weighted by Gasteiger charge is 2.58. The standard InChI is InChI=1S/C23H32Br2N4O4S/c1-13-5-17(24)21(18(25)6-13)29-4-2-3-28(34(29,32)33)12-19(30)27-20-15-7-14-8-16(20)11-23(9-14,10-15)22(26)31/h5-6,14-16,20,32-33H,2-4,7-12H2,1H3,(H2,26,31)(H,27,30). The van der Waals surface area contributed by atoms with E-state index in [-0.39, 0.29) is 36.2 Å². The number of hydrogen-bond donors (Lipinski definition) is 4. The van der Waals surface area contributed by atoms with Gasteiger partial charge >= 0.3 is 0 Å². The maximum Gasteiger partial charge on any atom is 0.236 e. The van der Waals surface area contributed by atoms with Crippen LogP contribution >= 0.6 is 42.8 Å². The van der Waals surface area contributed by atoms with Gasteiger partial charge < -0.3 is 11.1 Å². The molecule has 0 radical (unpaired) electrons. The average Bonchev–Trinajstić information content (AvgIpc) is 2.72. The molecule has 2 amide bonds. The lowest BCUT2D eigenvalue weighted by atomic mass is 9.47. The van der Waals surface area contributed by atoms with Gasteiger partial charge in [0.1, 0.15) is 0 Å². The van der Waals surface area contributed by atoms with E-state index in [1.807, 2.05) is 19.1 Å². The van der Waals surface area contributed by atoms with Crippen LogP contribution in [0, 0.1) is 30.1 Å². The number of nitrogens with one attached hydrogen (secondary N) is 1. The summed E-state index contributed by atoms with van der Waals surface area (Å²) >= 11 is 7.12. The van der Waals surface area contributed by atoms with Gasteiger partial charge in [-0.1, -0.05) is 0 Å². The van der Waals surface area contributed by atoms with Crippen LogP contribution in [0.1, 0.15) is 44.1 Å². The highest BCUT2D eigenvalue weighted by Crippen LogP contribution is 2.60. The van der Waals surface area contributed by atoms with Crippen LogP contribution in [0.25, 0.3) is 0 Å². The second-order valence-electron chi connectivity index (χ2n) is 10.6. The molecule has 4 aliphatic carbocycles. The molecule has 5 N–H and O–H groups in total. The number of carbonyl (C=O) groups is 2. The first-order valence-corrected chi connectivity index (χ1v) is 14.9. The molecule has 1 aliphatic heterocycles. The molecule has 2 atom stereocenters. The Hall–Kier alpha value is -0.850. The van der Waals surface area contributed by atoms with E-state index in [0.29, 0.717) is 31.1 Å². The minimum absolute atomic E-state index is 0.0274. The third kappa shape index (κ3) is 4.20. The van der Waals surface area contributed by atoms with Crippen LogP contribution in [0.2, 0.25) is 0 Å². The maximum atomic E-state index is 13.1. The molecule has 4 saturated carbocycles. The van der Waals surface area contributed by atoms with E-state index in [1.165, 1.54) is 4.31 Å². The van der Waals surface area contributed by atoms with Crippen molar-refractivity contribution in [3.63, 3.8) is 0 Å². The van der Waals surface area contributed by atoms with E-state index in [4.69, 9.17) is 5.73 Å². The summed E-state index contributed by atoms with van der Waals surface area (Å²) in [5, 5.41) is 3.21. The van der Waals surface area contributed by atoms with Crippen LogP contribution in [0.5, 0.6) is 0 Å². The van der Waals surface area contributed by atoms with Gasteiger partial charge in [0.25, 0.3) is 0 Å². The molecule has 188 valence electrons. The second kappa shape index (κ2) is 8.92. The van der Waals surface area contributed by atoms with Gasteiger partial charge in [0.05, 0.1) is 12.2 Å². The fourth-order valence-corrected chi connectivity index (χ4v) is 10.9. The van der Waals surface area contributed by atoms with Crippen LogP contribution < -0.4 is 15.4 Å². The summed E-state index contributed by atoms with van der Waals surface area (Å²) in [6, 6.07) is 3.90. The summed E-state index contributed by atoms with van der Waals surface area (Å²) in [6.45, 7) is 2.79. The van der Waals surface area contributed by atoms with E-state index < -0.39 is 16.4 Å². The molecule has 1 aromatic rings. The number of rotatable bonds is 5. The lowest BCUT2D eigenvalue weighted by Crippen LogP contribution is -2.62. The SMILES string of the molecule is Cc1cc(Br)c(N2CCCN(CC(=O)NC3C4CC5CC3CC(C(N)=O)(C5)C4)S2(O)O)c(Br)c1. The first kappa shape index (κ1) is 24.8. The first-order chi connectivity index (χ1) is 16.0. The van der Waals surface area contributed by atoms with Crippen molar-refractivity contribution >= 4 is 60.3 Å². The summed E-state index contributed by atoms with van der Waals surface area (Å²) < 4.78 is 27.1. The van der Waals surface area contributed by atoms with Crippen LogP contribution in [-0.4, -0.2) is 50.9 Å². The molecule has 34 heavy (non-hydrogen) atoms. The second-order valence-corrected chi connectivity index (χ2v) is 14.2. The van der Waals surface area contributed by atoms with E-state index in [9.17, 15) is 18.7 Å². The minimum Gasteiger partial charge on any atom is -0.369 e. The molecule has 2 unspecified atom stereocenters. The van der Waals surface area contributed by atoms with E-state index in [1.54, 1.807) is 4.31 Å². The Labute approximate surface area is 218 Å². The highest BCUT2D eigenvalue weighted by molar-refractivity contribution is 9.11. The third-order valence-electron chi connectivity index (χ3n) is 8.26. The van der Waals surface area contributed by atoms with E-state index in [0.717, 1.165) is 46.6 Å². The molecular formula is C23H32Br2N4O4S. The number of halogens is 2. The van der Waals surface area contributed by atoms with Crippen molar-refractivity contribution in [1.82, 2.24) is 9.62 Å². The number of nitrogens with two attached hydrogens (primary N) is 1. The highest BCUT2D eigenvalue weighted by atomic mass is 79.9. The third-order valence-corrected chi connectivity index (χ3v) is 11.4. The maximum absolute atomic E-state index is 13.1. The molecule has 1 aromatic carbocycles. The van der Waals surface area contributed by atoms with Crippen LogP contribution in [0.4, 0.5) is 5.69 Å². The summed E-state index contributed by atoms with van der Waals surface area (Å²) in [7, 11) is -3.37. The fraction of sp³-hybridized carbons (Fsp3) is 0.652. The van der Waals surface area contributed by atoms with Gasteiger partial charge in [-0.2, -0.15) is 4.31 Å². The van der Waals surface area contributed by atoms with Crippen LogP contribution in [-0.2, 0) is 9.59 Å². The van der Waals surface area contributed by atoms with Gasteiger partial charge in [-0.25, -0.2) is 0 Å². The normalized spacial score (nSPS) is 35.3. The molecule has 1 saturated heterocycles. The quantitative estimate of drug-likeness (QED) is 0.388. The average molecular weight is 620 g/mol. The lowest BCUT2D eigenvalue weighted by Gasteiger charge is -2.59. The van der Waals surface area contributed by atoms with Gasteiger partial charge in [0.15, 0.2) is 0 Å². The number of primary amides is 1. The molecular weight excluding hydrogens is 588 g/mol. The number of nitrogens with zero attached hydrogens (tertiary/aromatic N) is 2. The summed E-state index contributed by atoms with van der Waals surface area (Å²) in [5.74, 6) is 0.662. The number of benzene rings is 1. The van der Waals surface area contributed by atoms with E-state index in [2.05, 4.69) is 37.2 Å². The Kier molecular flexibility index (Phi) is 6.51. The van der Waals surface area contributed by atoms with Gasteiger partial charge in [0.2, 0.25) is 11.8 Å². The van der Waals surface area contributed by atoms with Gasteiger partial charge in [-0.3, -0.25) is 23.0 Å². The molecule has 0 spiro atoms. The molecule has 8 nitrogen and oxygen atoms in total. The van der Waals surface area contributed by atoms with Crippen molar-refractivity contribution in [3.8, 4) is 0 Å². The van der Waals surface area contributed by atoms with Gasteiger partial charge in [-0.15, -0.1) is 0 Å². The van der Waals surface area contributed by atoms with Crippen molar-refractivity contribution in [2.24, 2.45) is 28.9 Å². The minimum atomic E-state index is -3.37. The summed E-state index contributed by atoms with van der Waals surface area (Å²) in [5.41, 5.74) is 7.11. The van der Waals surface area contributed by atoms with Crippen molar-refractivity contribution in [2.75, 3.05) is 23.9 Å². The zero-order chi connectivity index (χ0) is 24.4. The predicted octanol–water partition coefficient (Wildman–Crippen LogP) is 4.41. The molecule has 5 fully saturated rings. The molecule has 5 aliphatic rings. The Balaban J connectivity index is 1.29. The largest absolute Gasteiger partial charge is 0.369 e. The molecule has 1 heterocycles. The Morgan fingerprint density at radius 2 is 1.76 bits per heavy atom. The Bertz CT molecular complexity index is 986. The van der Waals surface area contributed by atoms with Crippen molar-refractivity contribution in [1.29, 1.82) is 0 Å². The van der Waals surface area contributed by atoms with Crippen molar-refractivity contribution in [2.45, 2.75) is 51.5 Å². The Morgan fingerprint density at radius 3 is 2.35 bits per heavy atom. The number of aryl methyl sites for hydroxylation is 1. The molecule has 11 heteroatoms. The number of hydrogen-bond acceptors (Lipinski definition) is 6. The molecule has 4 bridgehead atoms. The summed E-state index contributed by atoms with van der Waals surface area (Å²) in [4.78, 5) is 25.3. The number of amides is 2. The number of carbonyl (C=O) groups excluding carboxylic acids is 2. The van der Waals surface area contributed by atoms with E-state index >= 15 is 0 Å². The van der Waals surface area contributed by atoms with Crippen molar-refractivity contribution < 1.29 is 18.7 Å². The topological polar surface area (TPSA) is 119 Å². The van der Waals surface area contributed by atoms with Crippen LogP contribution in [0.15, 0.2) is 21.1 Å². The molecule has 0 aromatic heterocycles. The monoisotopic (exact) mass is 618 g/mol. The zero-order valence-corrected chi connectivity index (χ0v) is 23.2. The summed E-state index contributed by atoms with van der Waals surface area (Å²) in [6.07, 6.45) is 5.15. The molecule has 6 rings (SSSR count). The van der Waals surface area contributed by atoms with Gasteiger partial charge in [0, 0.05) is 33.5 Å². The Morgan fingerprint density at radius 1 is 1.15 bits per heavy atom. The van der Waals surface area contributed by atoms with Crippen molar-refractivity contribution in [3.05, 3.63) is 26.6 Å². The smallest absolute Gasteiger partial charge is 0.236 e. The number of anilines is 1. The van der Waals surface area contributed by atoms with Gasteiger partial charge in [-0.05, 0) is 124 Å². The lowest BCUT2D eigenvalue weighted by molar-refractivity contribution is -0.147. The first-order valence-electron chi connectivity index (χ1n) is 11.9. The zero-order valence-electron chi connectivity index (χ0n) is 19.2. The predicted molar refractivity (Wildman–Crippen MR) is 140 cm³/mol. The fourth-order valence-electron chi connectivity index (χ4n) is 7.06. The van der Waals surface area contributed by atoms with Crippen LogP contribution in [0.3, 0.4) is 0 Å².